The topological polar surface area (TPSA) is 64.3 Å². The van der Waals surface area contributed by atoms with Crippen LogP contribution in [-0.2, 0) is 4.74 Å². The number of hydrogen-bond donors (Lipinski definition) is 1. The molecule has 0 bridgehead atoms. The lowest BCUT2D eigenvalue weighted by Gasteiger charge is -2.38. The lowest BCUT2D eigenvalue weighted by Crippen LogP contribution is -2.41. The first-order valence-electron chi connectivity index (χ1n) is 6.30. The largest absolute Gasteiger partial charge is 0.383 e. The van der Waals surface area contributed by atoms with Gasteiger partial charge in [0.2, 0.25) is 0 Å². The minimum atomic E-state index is -0.755. The Morgan fingerprint density at radius 1 is 1.28 bits per heavy atom. The van der Waals surface area contributed by atoms with Crippen LogP contribution in [0.4, 0.5) is 16.0 Å². The number of rotatable bonds is 1. The molecule has 0 aliphatic carbocycles. The number of piperidine rings is 1. The van der Waals surface area contributed by atoms with Crippen molar-refractivity contribution in [2.24, 2.45) is 5.41 Å². The minimum absolute atomic E-state index is 0.182. The molecule has 1 aromatic rings. The number of nitrogen functional groups attached to an aromatic ring is 1. The van der Waals surface area contributed by atoms with Gasteiger partial charge in [-0.25, -0.2) is 0 Å². The second kappa shape index (κ2) is 4.35. The van der Waals surface area contributed by atoms with Crippen LogP contribution >= 0.6 is 0 Å². The number of nitrogens with two attached hydrogens (primary N) is 1. The van der Waals surface area contributed by atoms with E-state index in [1.807, 2.05) is 0 Å². The van der Waals surface area contributed by atoms with Gasteiger partial charge in [-0.05, 0) is 24.7 Å². The van der Waals surface area contributed by atoms with Crippen molar-refractivity contribution in [2.45, 2.75) is 19.3 Å². The molecule has 3 rings (SSSR count). The number of ether oxygens (including phenoxy) is 1. The SMILES string of the molecule is Nc1cc(N2CCC3(CCOC3)CC2)nc(F)n1. The van der Waals surface area contributed by atoms with Gasteiger partial charge in [0.15, 0.2) is 0 Å². The Labute approximate surface area is 105 Å². The molecular formula is C12H17FN4O. The molecular weight excluding hydrogens is 235 g/mol. The number of anilines is 2. The van der Waals surface area contributed by atoms with Crippen molar-refractivity contribution >= 4 is 11.6 Å². The highest BCUT2D eigenvalue weighted by Crippen LogP contribution is 2.39. The molecule has 5 nitrogen and oxygen atoms in total. The molecule has 0 atom stereocenters. The van der Waals surface area contributed by atoms with Crippen molar-refractivity contribution in [3.63, 3.8) is 0 Å². The Morgan fingerprint density at radius 3 is 2.67 bits per heavy atom. The van der Waals surface area contributed by atoms with Crippen molar-refractivity contribution < 1.29 is 9.13 Å². The molecule has 1 aromatic heterocycles. The van der Waals surface area contributed by atoms with Crippen LogP contribution in [0.5, 0.6) is 0 Å². The highest BCUT2D eigenvalue weighted by molar-refractivity contribution is 5.46. The molecule has 2 fully saturated rings. The smallest absolute Gasteiger partial charge is 0.312 e. The van der Waals surface area contributed by atoms with E-state index in [1.54, 1.807) is 6.07 Å². The van der Waals surface area contributed by atoms with E-state index in [9.17, 15) is 4.39 Å². The molecule has 1 spiro atoms. The third-order valence-electron chi connectivity index (χ3n) is 4.04. The zero-order valence-electron chi connectivity index (χ0n) is 10.2. The third kappa shape index (κ3) is 2.12. The quantitative estimate of drug-likeness (QED) is 0.761. The van der Waals surface area contributed by atoms with E-state index >= 15 is 0 Å². The highest BCUT2D eigenvalue weighted by Gasteiger charge is 2.38. The van der Waals surface area contributed by atoms with Crippen molar-refractivity contribution in [2.75, 3.05) is 36.9 Å². The van der Waals surface area contributed by atoms with Crippen LogP contribution in [0.3, 0.4) is 0 Å². The lowest BCUT2D eigenvalue weighted by molar-refractivity contribution is 0.133. The van der Waals surface area contributed by atoms with Gasteiger partial charge in [-0.1, -0.05) is 0 Å². The molecule has 0 amide bonds. The summed E-state index contributed by atoms with van der Waals surface area (Å²) in [6.45, 7) is 3.48. The Hall–Kier alpha value is -1.43. The van der Waals surface area contributed by atoms with Crippen molar-refractivity contribution in [3.8, 4) is 0 Å². The normalized spacial score (nSPS) is 22.6. The molecule has 2 saturated heterocycles. The summed E-state index contributed by atoms with van der Waals surface area (Å²) in [7, 11) is 0. The number of nitrogens with zero attached hydrogens (tertiary/aromatic N) is 3. The highest BCUT2D eigenvalue weighted by atomic mass is 19.1. The summed E-state index contributed by atoms with van der Waals surface area (Å²) in [6.07, 6.45) is 2.52. The molecule has 3 heterocycles. The summed E-state index contributed by atoms with van der Waals surface area (Å²) >= 11 is 0. The van der Waals surface area contributed by atoms with Gasteiger partial charge < -0.3 is 15.4 Å². The summed E-state index contributed by atoms with van der Waals surface area (Å²) in [5, 5.41) is 0. The fraction of sp³-hybridized carbons (Fsp3) is 0.667. The molecule has 2 aliphatic heterocycles. The first-order chi connectivity index (χ1) is 8.67. The van der Waals surface area contributed by atoms with Gasteiger partial charge in [0.1, 0.15) is 11.6 Å². The summed E-state index contributed by atoms with van der Waals surface area (Å²) in [4.78, 5) is 9.34. The minimum Gasteiger partial charge on any atom is -0.383 e. The Bertz CT molecular complexity index is 417. The molecule has 0 radical (unpaired) electrons. The molecule has 0 aromatic carbocycles. The molecule has 0 saturated carbocycles. The van der Waals surface area contributed by atoms with Gasteiger partial charge in [-0.15, -0.1) is 0 Å². The third-order valence-corrected chi connectivity index (χ3v) is 4.04. The van der Waals surface area contributed by atoms with E-state index in [4.69, 9.17) is 10.5 Å². The Kier molecular flexibility index (Phi) is 2.81. The molecule has 2 N–H and O–H groups in total. The van der Waals surface area contributed by atoms with Crippen LogP contribution in [0.15, 0.2) is 6.07 Å². The zero-order chi connectivity index (χ0) is 12.6. The van der Waals surface area contributed by atoms with Crippen molar-refractivity contribution in [3.05, 3.63) is 12.1 Å². The van der Waals surface area contributed by atoms with Gasteiger partial charge in [-0.2, -0.15) is 14.4 Å². The fourth-order valence-electron chi connectivity index (χ4n) is 2.84. The van der Waals surface area contributed by atoms with Crippen LogP contribution in [0, 0.1) is 11.5 Å². The summed E-state index contributed by atoms with van der Waals surface area (Å²) in [5.74, 6) is 0.774. The van der Waals surface area contributed by atoms with E-state index in [0.29, 0.717) is 11.2 Å². The van der Waals surface area contributed by atoms with Crippen molar-refractivity contribution in [1.29, 1.82) is 0 Å². The number of hydrogen-bond acceptors (Lipinski definition) is 5. The fourth-order valence-corrected chi connectivity index (χ4v) is 2.84. The van der Waals surface area contributed by atoms with Gasteiger partial charge in [0, 0.05) is 25.8 Å². The van der Waals surface area contributed by atoms with E-state index in [2.05, 4.69) is 14.9 Å². The van der Waals surface area contributed by atoms with Gasteiger partial charge >= 0.3 is 6.08 Å². The maximum absolute atomic E-state index is 13.1. The Balaban J connectivity index is 1.72. The van der Waals surface area contributed by atoms with Crippen LogP contribution in [0.25, 0.3) is 0 Å². The van der Waals surface area contributed by atoms with E-state index in [1.165, 1.54) is 0 Å². The molecule has 18 heavy (non-hydrogen) atoms. The summed E-state index contributed by atoms with van der Waals surface area (Å²) in [5.41, 5.74) is 5.88. The van der Waals surface area contributed by atoms with Gasteiger partial charge in [0.25, 0.3) is 0 Å². The standard InChI is InChI=1S/C12H17FN4O/c13-11-15-9(14)7-10(16-11)17-4-1-12(2-5-17)3-6-18-8-12/h7H,1-6,8H2,(H2,14,15,16). The van der Waals surface area contributed by atoms with Crippen LogP contribution in [0.2, 0.25) is 0 Å². The van der Waals surface area contributed by atoms with Crippen LogP contribution in [-0.4, -0.2) is 36.3 Å². The second-order valence-electron chi connectivity index (χ2n) is 5.21. The van der Waals surface area contributed by atoms with E-state index in [0.717, 1.165) is 45.6 Å². The number of aromatic nitrogens is 2. The van der Waals surface area contributed by atoms with Crippen LogP contribution in [0.1, 0.15) is 19.3 Å². The van der Waals surface area contributed by atoms with Crippen molar-refractivity contribution in [1.82, 2.24) is 9.97 Å². The maximum atomic E-state index is 13.1. The average molecular weight is 252 g/mol. The first kappa shape index (κ1) is 11.6. The molecule has 2 aliphatic rings. The average Bonchev–Trinajstić information content (AvgIpc) is 2.77. The lowest BCUT2D eigenvalue weighted by atomic mass is 9.78. The zero-order valence-corrected chi connectivity index (χ0v) is 10.2. The number of halogens is 1. The maximum Gasteiger partial charge on any atom is 0.312 e. The summed E-state index contributed by atoms with van der Waals surface area (Å²) in [6, 6.07) is 1.63. The monoisotopic (exact) mass is 252 g/mol. The first-order valence-corrected chi connectivity index (χ1v) is 6.30. The van der Waals surface area contributed by atoms with Gasteiger partial charge in [-0.3, -0.25) is 0 Å². The van der Waals surface area contributed by atoms with E-state index < -0.39 is 6.08 Å². The van der Waals surface area contributed by atoms with E-state index in [-0.39, 0.29) is 5.82 Å². The van der Waals surface area contributed by atoms with Gasteiger partial charge in [0.05, 0.1) is 6.61 Å². The molecule has 6 heteroatoms. The second-order valence-corrected chi connectivity index (χ2v) is 5.21. The van der Waals surface area contributed by atoms with Crippen LogP contribution < -0.4 is 10.6 Å². The Morgan fingerprint density at radius 2 is 2.06 bits per heavy atom. The summed E-state index contributed by atoms with van der Waals surface area (Å²) < 4.78 is 18.6. The molecule has 98 valence electrons. The molecule has 0 unspecified atom stereocenters. The predicted octanol–water partition coefficient (Wildman–Crippen LogP) is 1.20. The predicted molar refractivity (Wildman–Crippen MR) is 65.7 cm³/mol.